The standard InChI is InChI=1S/C21H29N3O2S/c1-7-11-23(5)24-14-19-13-18(12-16(3)20(19)21(24)25)15(2)9-8-10-17(4)22-27(6)26/h8-10,12-13,22H,4,7,11,14H2,1-3,5-6H3/b10-8-,15-9+. The lowest BCUT2D eigenvalue weighted by Gasteiger charge is -2.27. The van der Waals surface area contributed by atoms with Crippen LogP contribution in [-0.4, -0.2) is 40.0 Å². The normalized spacial score (nSPS) is 15.6. The number of fused-ring (bicyclic) bond motifs is 1. The summed E-state index contributed by atoms with van der Waals surface area (Å²) in [5.74, 6) is 0.0847. The second-order valence-corrected chi connectivity index (χ2v) is 7.97. The Kier molecular flexibility index (Phi) is 7.16. The number of rotatable bonds is 8. The molecule has 0 fully saturated rings. The van der Waals surface area contributed by atoms with Crippen molar-refractivity contribution in [1.82, 2.24) is 14.7 Å². The Balaban J connectivity index is 2.22. The largest absolute Gasteiger partial charge is 0.306 e. The molecule has 1 atom stereocenters. The summed E-state index contributed by atoms with van der Waals surface area (Å²) < 4.78 is 13.9. The highest BCUT2D eigenvalue weighted by molar-refractivity contribution is 7.82. The molecule has 1 aromatic carbocycles. The summed E-state index contributed by atoms with van der Waals surface area (Å²) in [6, 6.07) is 4.17. The Labute approximate surface area is 165 Å². The molecule has 1 aliphatic heterocycles. The molecule has 1 heterocycles. The molecule has 0 saturated heterocycles. The Morgan fingerprint density at radius 2 is 2.15 bits per heavy atom. The van der Waals surface area contributed by atoms with Gasteiger partial charge in [-0.2, -0.15) is 0 Å². The van der Waals surface area contributed by atoms with E-state index < -0.39 is 11.0 Å². The van der Waals surface area contributed by atoms with Crippen molar-refractivity contribution in [2.24, 2.45) is 0 Å². The van der Waals surface area contributed by atoms with Gasteiger partial charge in [-0.1, -0.05) is 31.7 Å². The number of nitrogens with one attached hydrogen (secondary N) is 1. The minimum atomic E-state index is -1.12. The number of nitrogens with zero attached hydrogens (tertiary/aromatic N) is 2. The molecule has 6 heteroatoms. The molecule has 0 aliphatic carbocycles. The lowest BCUT2D eigenvalue weighted by atomic mass is 9.96. The summed E-state index contributed by atoms with van der Waals surface area (Å²) in [6.45, 7) is 11.4. The first kappa shape index (κ1) is 21.1. The zero-order valence-corrected chi connectivity index (χ0v) is 17.7. The molecular weight excluding hydrogens is 358 g/mol. The molecule has 1 unspecified atom stereocenters. The molecule has 1 aromatic rings. The van der Waals surface area contributed by atoms with Crippen molar-refractivity contribution in [2.75, 3.05) is 19.8 Å². The highest BCUT2D eigenvalue weighted by atomic mass is 32.2. The number of hydrogen-bond donors (Lipinski definition) is 1. The van der Waals surface area contributed by atoms with Crippen LogP contribution in [0.25, 0.3) is 5.57 Å². The second-order valence-electron chi connectivity index (χ2n) is 6.86. The van der Waals surface area contributed by atoms with Gasteiger partial charge in [-0.05, 0) is 54.7 Å². The van der Waals surface area contributed by atoms with Crippen LogP contribution in [0.5, 0.6) is 0 Å². The minimum Gasteiger partial charge on any atom is -0.306 e. The van der Waals surface area contributed by atoms with Gasteiger partial charge in [0.25, 0.3) is 5.91 Å². The fourth-order valence-electron chi connectivity index (χ4n) is 3.22. The maximum Gasteiger partial charge on any atom is 0.269 e. The number of hydrazine groups is 1. The van der Waals surface area contributed by atoms with E-state index >= 15 is 0 Å². The van der Waals surface area contributed by atoms with Crippen LogP contribution in [0, 0.1) is 6.92 Å². The lowest BCUT2D eigenvalue weighted by Crippen LogP contribution is -2.40. The van der Waals surface area contributed by atoms with Gasteiger partial charge in [0.15, 0.2) is 0 Å². The monoisotopic (exact) mass is 387 g/mol. The maximum absolute atomic E-state index is 12.8. The van der Waals surface area contributed by atoms with Crippen LogP contribution in [0.4, 0.5) is 0 Å². The number of amides is 1. The first-order valence-electron chi connectivity index (χ1n) is 9.05. The number of aryl methyl sites for hydroxylation is 1. The minimum absolute atomic E-state index is 0.0847. The SMILES string of the molecule is C=C(/C=C\C=C(/C)c1cc(C)c2c(c1)CN(N(C)CCC)C2=O)NS(C)=O. The van der Waals surface area contributed by atoms with Crippen LogP contribution >= 0.6 is 0 Å². The fourth-order valence-corrected chi connectivity index (χ4v) is 3.66. The topological polar surface area (TPSA) is 52.6 Å². The van der Waals surface area contributed by atoms with E-state index in [1.807, 2.05) is 43.1 Å². The third-order valence-electron chi connectivity index (χ3n) is 4.52. The van der Waals surface area contributed by atoms with E-state index in [-0.39, 0.29) is 5.91 Å². The van der Waals surface area contributed by atoms with Crippen molar-refractivity contribution >= 4 is 22.5 Å². The van der Waals surface area contributed by atoms with Crippen LogP contribution in [-0.2, 0) is 17.5 Å². The molecule has 2 rings (SSSR count). The summed E-state index contributed by atoms with van der Waals surface area (Å²) in [5.41, 5.74) is 5.70. The van der Waals surface area contributed by atoms with Gasteiger partial charge in [0.1, 0.15) is 11.0 Å². The van der Waals surface area contributed by atoms with Gasteiger partial charge < -0.3 is 4.72 Å². The number of benzene rings is 1. The van der Waals surface area contributed by atoms with Crippen molar-refractivity contribution in [3.8, 4) is 0 Å². The van der Waals surface area contributed by atoms with Gasteiger partial charge in [0, 0.05) is 31.1 Å². The zero-order chi connectivity index (χ0) is 20.1. The Hall–Kier alpha value is -2.18. The van der Waals surface area contributed by atoms with Crippen molar-refractivity contribution in [1.29, 1.82) is 0 Å². The predicted molar refractivity (Wildman–Crippen MR) is 113 cm³/mol. The molecule has 1 N–H and O–H groups in total. The molecule has 1 aliphatic rings. The fraction of sp³-hybridized carbons (Fsp3) is 0.381. The maximum atomic E-state index is 12.8. The Bertz CT molecular complexity index is 827. The number of allylic oxidation sites excluding steroid dienone is 4. The second kappa shape index (κ2) is 9.15. The lowest BCUT2D eigenvalue weighted by molar-refractivity contribution is 0.00764. The Morgan fingerprint density at radius 3 is 2.78 bits per heavy atom. The summed E-state index contributed by atoms with van der Waals surface area (Å²) in [4.78, 5) is 12.8. The zero-order valence-electron chi connectivity index (χ0n) is 16.8. The summed E-state index contributed by atoms with van der Waals surface area (Å²) in [5, 5.41) is 3.83. The smallest absolute Gasteiger partial charge is 0.269 e. The molecule has 5 nitrogen and oxygen atoms in total. The van der Waals surface area contributed by atoms with Crippen molar-refractivity contribution in [3.05, 3.63) is 64.9 Å². The van der Waals surface area contributed by atoms with Crippen LogP contribution < -0.4 is 4.72 Å². The van der Waals surface area contributed by atoms with E-state index in [9.17, 15) is 9.00 Å². The third kappa shape index (κ3) is 5.17. The van der Waals surface area contributed by atoms with E-state index in [0.29, 0.717) is 12.2 Å². The van der Waals surface area contributed by atoms with Gasteiger partial charge in [0.2, 0.25) is 0 Å². The van der Waals surface area contributed by atoms with Crippen LogP contribution in [0.2, 0.25) is 0 Å². The highest BCUT2D eigenvalue weighted by Crippen LogP contribution is 2.30. The first-order valence-corrected chi connectivity index (χ1v) is 10.6. The average molecular weight is 388 g/mol. The molecule has 1 amide bonds. The van der Waals surface area contributed by atoms with Crippen molar-refractivity contribution in [3.63, 3.8) is 0 Å². The van der Waals surface area contributed by atoms with E-state index in [1.54, 1.807) is 12.3 Å². The van der Waals surface area contributed by atoms with E-state index in [4.69, 9.17) is 0 Å². The van der Waals surface area contributed by atoms with Crippen molar-refractivity contribution in [2.45, 2.75) is 33.7 Å². The number of carbonyl (C=O) groups is 1. The predicted octanol–water partition coefficient (Wildman–Crippen LogP) is 3.56. The van der Waals surface area contributed by atoms with Crippen molar-refractivity contribution < 1.29 is 9.00 Å². The van der Waals surface area contributed by atoms with Gasteiger partial charge in [-0.25, -0.2) is 9.22 Å². The van der Waals surface area contributed by atoms with E-state index in [0.717, 1.165) is 40.8 Å². The molecule has 0 radical (unpaired) electrons. The highest BCUT2D eigenvalue weighted by Gasteiger charge is 2.31. The van der Waals surface area contributed by atoms with Crippen LogP contribution in [0.15, 0.2) is 42.6 Å². The molecule has 0 spiro atoms. The first-order chi connectivity index (χ1) is 12.7. The van der Waals surface area contributed by atoms with Gasteiger partial charge in [-0.3, -0.25) is 9.80 Å². The molecule has 146 valence electrons. The summed E-state index contributed by atoms with van der Waals surface area (Å²) in [7, 11) is 0.838. The molecular formula is C21H29N3O2S. The summed E-state index contributed by atoms with van der Waals surface area (Å²) in [6.07, 6.45) is 8.23. The van der Waals surface area contributed by atoms with E-state index in [1.165, 1.54) is 0 Å². The number of hydrogen-bond acceptors (Lipinski definition) is 3. The summed E-state index contributed by atoms with van der Waals surface area (Å²) >= 11 is 0. The van der Waals surface area contributed by atoms with Crippen LogP contribution in [0.1, 0.15) is 47.3 Å². The molecule has 0 bridgehead atoms. The quantitative estimate of drug-likeness (QED) is 0.694. The Morgan fingerprint density at radius 1 is 1.44 bits per heavy atom. The number of carbonyl (C=O) groups excluding carboxylic acids is 1. The van der Waals surface area contributed by atoms with Crippen LogP contribution in [0.3, 0.4) is 0 Å². The molecule has 0 saturated carbocycles. The van der Waals surface area contributed by atoms with Gasteiger partial charge >= 0.3 is 0 Å². The van der Waals surface area contributed by atoms with E-state index in [2.05, 4.69) is 30.4 Å². The average Bonchev–Trinajstić information content (AvgIpc) is 2.91. The molecule has 27 heavy (non-hydrogen) atoms. The van der Waals surface area contributed by atoms with Gasteiger partial charge in [0.05, 0.1) is 6.54 Å². The third-order valence-corrected chi connectivity index (χ3v) is 5.07. The van der Waals surface area contributed by atoms with Gasteiger partial charge in [-0.15, -0.1) is 0 Å². The molecule has 0 aromatic heterocycles.